The predicted molar refractivity (Wildman–Crippen MR) is 68.1 cm³/mol. The molecule has 1 saturated heterocycles. The third kappa shape index (κ3) is 1.86. The SMILES string of the molecule is O=C(O)c1ccsc1NC(=O)N1CC2CCC1C2. The summed E-state index contributed by atoms with van der Waals surface area (Å²) in [5, 5.41) is 13.8. The van der Waals surface area contributed by atoms with Gasteiger partial charge in [-0.15, -0.1) is 11.3 Å². The average molecular weight is 266 g/mol. The number of fused-ring (bicyclic) bond motifs is 2. The lowest BCUT2D eigenvalue weighted by atomic mass is 10.1. The fourth-order valence-corrected chi connectivity index (χ4v) is 3.69. The van der Waals surface area contributed by atoms with Crippen LogP contribution in [0.4, 0.5) is 9.80 Å². The Labute approximate surface area is 108 Å². The Hall–Kier alpha value is -1.56. The van der Waals surface area contributed by atoms with E-state index in [0.29, 0.717) is 17.0 Å². The lowest BCUT2D eigenvalue weighted by Crippen LogP contribution is -2.40. The van der Waals surface area contributed by atoms with E-state index in [4.69, 9.17) is 5.11 Å². The van der Waals surface area contributed by atoms with Gasteiger partial charge >= 0.3 is 12.0 Å². The molecule has 18 heavy (non-hydrogen) atoms. The zero-order chi connectivity index (χ0) is 12.7. The molecule has 96 valence electrons. The van der Waals surface area contributed by atoms with Crippen molar-refractivity contribution in [2.45, 2.75) is 25.3 Å². The first-order valence-corrected chi connectivity index (χ1v) is 6.91. The highest BCUT2D eigenvalue weighted by molar-refractivity contribution is 7.14. The maximum atomic E-state index is 12.1. The predicted octanol–water partition coefficient (Wildman–Crippen LogP) is 2.46. The topological polar surface area (TPSA) is 69.6 Å². The molecule has 2 atom stereocenters. The molecule has 2 aliphatic rings. The molecule has 2 heterocycles. The van der Waals surface area contributed by atoms with Crippen LogP contribution < -0.4 is 5.32 Å². The second-order valence-corrected chi connectivity index (χ2v) is 5.80. The van der Waals surface area contributed by atoms with Gasteiger partial charge in [0.1, 0.15) is 5.00 Å². The Bertz CT molecular complexity index is 499. The van der Waals surface area contributed by atoms with E-state index in [1.165, 1.54) is 23.8 Å². The second kappa shape index (κ2) is 4.28. The van der Waals surface area contributed by atoms with Gasteiger partial charge in [-0.05, 0) is 36.6 Å². The van der Waals surface area contributed by atoms with Crippen molar-refractivity contribution in [3.63, 3.8) is 0 Å². The number of amides is 2. The summed E-state index contributed by atoms with van der Waals surface area (Å²) in [6, 6.07) is 1.70. The van der Waals surface area contributed by atoms with Gasteiger partial charge in [-0.3, -0.25) is 5.32 Å². The summed E-state index contributed by atoms with van der Waals surface area (Å²) in [6.45, 7) is 0.810. The van der Waals surface area contributed by atoms with Gasteiger partial charge in [-0.1, -0.05) is 0 Å². The van der Waals surface area contributed by atoms with Gasteiger partial charge < -0.3 is 10.0 Å². The van der Waals surface area contributed by atoms with Crippen LogP contribution >= 0.6 is 11.3 Å². The van der Waals surface area contributed by atoms with Gasteiger partial charge in [0, 0.05) is 12.6 Å². The highest BCUT2D eigenvalue weighted by Crippen LogP contribution is 2.37. The number of carboxylic acids is 1. The van der Waals surface area contributed by atoms with Gasteiger partial charge in [0.25, 0.3) is 0 Å². The third-order valence-electron chi connectivity index (χ3n) is 3.79. The molecule has 1 aliphatic heterocycles. The molecule has 2 bridgehead atoms. The molecule has 2 amide bonds. The van der Waals surface area contributed by atoms with Crippen molar-refractivity contribution in [2.75, 3.05) is 11.9 Å². The standard InChI is InChI=1S/C12H14N2O3S/c15-11(16)9-3-4-18-10(9)13-12(17)14-6-7-1-2-8(14)5-7/h3-4,7-8H,1-2,5-6H2,(H,13,17)(H,15,16). The molecule has 5 nitrogen and oxygen atoms in total. The number of carboxylic acid groups (broad SMARTS) is 1. The number of thiophene rings is 1. The zero-order valence-electron chi connectivity index (χ0n) is 9.76. The van der Waals surface area contributed by atoms with E-state index in [-0.39, 0.29) is 11.6 Å². The fourth-order valence-electron chi connectivity index (χ4n) is 2.92. The van der Waals surface area contributed by atoms with Crippen LogP contribution in [-0.2, 0) is 0 Å². The minimum absolute atomic E-state index is 0.160. The first kappa shape index (κ1) is 11.5. The molecule has 1 saturated carbocycles. The maximum Gasteiger partial charge on any atom is 0.338 e. The number of aromatic carboxylic acids is 1. The Balaban J connectivity index is 1.71. The highest BCUT2D eigenvalue weighted by atomic mass is 32.1. The van der Waals surface area contributed by atoms with E-state index in [2.05, 4.69) is 5.32 Å². The molecule has 3 rings (SSSR count). The van der Waals surface area contributed by atoms with Crippen LogP contribution in [0.15, 0.2) is 11.4 Å². The van der Waals surface area contributed by atoms with Crippen LogP contribution in [0.25, 0.3) is 0 Å². The smallest absolute Gasteiger partial charge is 0.338 e. The number of nitrogens with zero attached hydrogens (tertiary/aromatic N) is 1. The van der Waals surface area contributed by atoms with Gasteiger partial charge in [0.15, 0.2) is 0 Å². The number of hydrogen-bond donors (Lipinski definition) is 2. The van der Waals surface area contributed by atoms with Crippen LogP contribution in [0.5, 0.6) is 0 Å². The molecule has 0 aromatic carbocycles. The lowest BCUT2D eigenvalue weighted by molar-refractivity contribution is 0.0698. The fraction of sp³-hybridized carbons (Fsp3) is 0.500. The molecule has 2 N–H and O–H groups in total. The summed E-state index contributed by atoms with van der Waals surface area (Å²) in [4.78, 5) is 24.9. The van der Waals surface area contributed by atoms with Crippen molar-refractivity contribution in [3.05, 3.63) is 17.0 Å². The van der Waals surface area contributed by atoms with Crippen molar-refractivity contribution >= 4 is 28.3 Å². The molecule has 6 heteroatoms. The Morgan fingerprint density at radius 3 is 2.89 bits per heavy atom. The number of urea groups is 1. The van der Waals surface area contributed by atoms with Gasteiger partial charge in [-0.25, -0.2) is 9.59 Å². The summed E-state index contributed by atoms with van der Waals surface area (Å²) in [7, 11) is 0. The molecule has 2 unspecified atom stereocenters. The number of carbonyl (C=O) groups is 2. The third-order valence-corrected chi connectivity index (χ3v) is 4.62. The summed E-state index contributed by atoms with van der Waals surface area (Å²) in [5.41, 5.74) is 0.165. The number of likely N-dealkylation sites (tertiary alicyclic amines) is 1. The second-order valence-electron chi connectivity index (χ2n) is 4.88. The minimum Gasteiger partial charge on any atom is -0.478 e. The van der Waals surface area contributed by atoms with Crippen molar-refractivity contribution in [3.8, 4) is 0 Å². The van der Waals surface area contributed by atoms with Gasteiger partial charge in [0.2, 0.25) is 0 Å². The van der Waals surface area contributed by atoms with Crippen LogP contribution in [-0.4, -0.2) is 34.6 Å². The molecule has 0 radical (unpaired) electrons. The van der Waals surface area contributed by atoms with Gasteiger partial charge in [-0.2, -0.15) is 0 Å². The largest absolute Gasteiger partial charge is 0.478 e. The average Bonchev–Trinajstić information content (AvgIpc) is 3.03. The van der Waals surface area contributed by atoms with Crippen LogP contribution in [0.2, 0.25) is 0 Å². The molecule has 1 aliphatic carbocycles. The summed E-state index contributed by atoms with van der Waals surface area (Å²) < 4.78 is 0. The number of anilines is 1. The Morgan fingerprint density at radius 2 is 2.28 bits per heavy atom. The van der Waals surface area contributed by atoms with Crippen molar-refractivity contribution in [1.29, 1.82) is 0 Å². The van der Waals surface area contributed by atoms with E-state index < -0.39 is 5.97 Å². The van der Waals surface area contributed by atoms with E-state index in [9.17, 15) is 9.59 Å². The van der Waals surface area contributed by atoms with E-state index in [1.54, 1.807) is 5.38 Å². The van der Waals surface area contributed by atoms with Gasteiger partial charge in [0.05, 0.1) is 5.56 Å². The summed E-state index contributed by atoms with van der Waals surface area (Å²) >= 11 is 1.25. The normalized spacial score (nSPS) is 25.4. The van der Waals surface area contributed by atoms with E-state index in [0.717, 1.165) is 19.4 Å². The molecule has 1 aromatic rings. The molecule has 0 spiro atoms. The first-order valence-electron chi connectivity index (χ1n) is 6.03. The summed E-state index contributed by atoms with van der Waals surface area (Å²) in [6.07, 6.45) is 3.39. The van der Waals surface area contributed by atoms with Crippen LogP contribution in [0.3, 0.4) is 0 Å². The van der Waals surface area contributed by atoms with Crippen molar-refractivity contribution in [2.24, 2.45) is 5.92 Å². The molecular weight excluding hydrogens is 252 g/mol. The van der Waals surface area contributed by atoms with Crippen LogP contribution in [0.1, 0.15) is 29.6 Å². The first-order chi connectivity index (χ1) is 8.65. The molecule has 2 fully saturated rings. The van der Waals surface area contributed by atoms with Crippen molar-refractivity contribution in [1.82, 2.24) is 4.90 Å². The maximum absolute atomic E-state index is 12.1. The Morgan fingerprint density at radius 1 is 1.44 bits per heavy atom. The number of carbonyl (C=O) groups excluding carboxylic acids is 1. The lowest BCUT2D eigenvalue weighted by Gasteiger charge is -2.26. The molecular formula is C12H14N2O3S. The monoisotopic (exact) mass is 266 g/mol. The number of hydrogen-bond acceptors (Lipinski definition) is 3. The highest BCUT2D eigenvalue weighted by Gasteiger charge is 2.40. The summed E-state index contributed by atoms with van der Waals surface area (Å²) in [5.74, 6) is -0.363. The number of rotatable bonds is 2. The van der Waals surface area contributed by atoms with Crippen LogP contribution in [0, 0.1) is 5.92 Å². The van der Waals surface area contributed by atoms with E-state index in [1.807, 2.05) is 4.90 Å². The number of nitrogens with one attached hydrogen (secondary N) is 1. The number of piperidine rings is 1. The quantitative estimate of drug-likeness (QED) is 0.864. The molecule has 1 aromatic heterocycles. The Kier molecular flexibility index (Phi) is 2.74. The van der Waals surface area contributed by atoms with Crippen molar-refractivity contribution < 1.29 is 14.7 Å². The van der Waals surface area contributed by atoms with E-state index >= 15 is 0 Å². The zero-order valence-corrected chi connectivity index (χ0v) is 10.6. The minimum atomic E-state index is -1.01.